The molecule has 0 aliphatic rings. The Kier molecular flexibility index (Phi) is 2.23. The summed E-state index contributed by atoms with van der Waals surface area (Å²) in [5.74, 6) is -0.978. The maximum absolute atomic E-state index is 10.8. The Labute approximate surface area is 76.4 Å². The molecule has 1 aromatic rings. The van der Waals surface area contributed by atoms with Gasteiger partial charge in [-0.2, -0.15) is 0 Å². The Morgan fingerprint density at radius 2 is 1.85 bits per heavy atom. The topological polar surface area (TPSA) is 76.2 Å². The van der Waals surface area contributed by atoms with E-state index in [0.717, 1.165) is 0 Å². The molecule has 0 aliphatic carbocycles. The van der Waals surface area contributed by atoms with Crippen LogP contribution >= 0.6 is 0 Å². The van der Waals surface area contributed by atoms with Gasteiger partial charge in [-0.3, -0.25) is 4.98 Å². The van der Waals surface area contributed by atoms with E-state index in [-0.39, 0.29) is 5.56 Å². The molecule has 0 spiro atoms. The SMILES string of the molecule is Cc1nc(C)c(C(=O)O)c(C)c1N. The molecule has 0 radical (unpaired) electrons. The molecule has 0 amide bonds. The summed E-state index contributed by atoms with van der Waals surface area (Å²) in [6, 6.07) is 0. The number of rotatable bonds is 1. The molecule has 3 N–H and O–H groups in total. The minimum Gasteiger partial charge on any atom is -0.478 e. The summed E-state index contributed by atoms with van der Waals surface area (Å²) in [6.07, 6.45) is 0. The lowest BCUT2D eigenvalue weighted by molar-refractivity contribution is 0.0695. The highest BCUT2D eigenvalue weighted by Gasteiger charge is 2.15. The molecule has 1 heterocycles. The zero-order valence-corrected chi connectivity index (χ0v) is 7.88. The molecule has 70 valence electrons. The Morgan fingerprint density at radius 3 is 2.31 bits per heavy atom. The van der Waals surface area contributed by atoms with Gasteiger partial charge in [0, 0.05) is 0 Å². The average Bonchev–Trinajstić information content (AvgIpc) is 1.99. The lowest BCUT2D eigenvalue weighted by Crippen LogP contribution is -2.09. The van der Waals surface area contributed by atoms with Crippen LogP contribution in [0.5, 0.6) is 0 Å². The number of anilines is 1. The van der Waals surface area contributed by atoms with Gasteiger partial charge in [-0.1, -0.05) is 0 Å². The lowest BCUT2D eigenvalue weighted by Gasteiger charge is -2.09. The van der Waals surface area contributed by atoms with Crippen LogP contribution in [0.1, 0.15) is 27.3 Å². The van der Waals surface area contributed by atoms with E-state index in [1.165, 1.54) is 0 Å². The highest BCUT2D eigenvalue weighted by molar-refractivity contribution is 5.92. The first-order valence-corrected chi connectivity index (χ1v) is 3.91. The van der Waals surface area contributed by atoms with E-state index >= 15 is 0 Å². The minimum absolute atomic E-state index is 0.211. The van der Waals surface area contributed by atoms with Crippen molar-refractivity contribution in [3.05, 3.63) is 22.5 Å². The van der Waals surface area contributed by atoms with E-state index < -0.39 is 5.97 Å². The number of carboxylic acids is 1. The quantitative estimate of drug-likeness (QED) is 0.682. The van der Waals surface area contributed by atoms with Crippen molar-refractivity contribution in [2.45, 2.75) is 20.8 Å². The monoisotopic (exact) mass is 180 g/mol. The van der Waals surface area contributed by atoms with E-state index in [1.807, 2.05) is 0 Å². The van der Waals surface area contributed by atoms with Crippen LogP contribution in [0.25, 0.3) is 0 Å². The summed E-state index contributed by atoms with van der Waals surface area (Å²) < 4.78 is 0. The molecule has 1 aromatic heterocycles. The van der Waals surface area contributed by atoms with E-state index in [2.05, 4.69) is 4.98 Å². The van der Waals surface area contributed by atoms with Crippen molar-refractivity contribution in [3.8, 4) is 0 Å². The van der Waals surface area contributed by atoms with Gasteiger partial charge in [0.05, 0.1) is 22.6 Å². The van der Waals surface area contributed by atoms with Gasteiger partial charge < -0.3 is 10.8 Å². The van der Waals surface area contributed by atoms with Gasteiger partial charge in [-0.25, -0.2) is 4.79 Å². The number of nitrogens with zero attached hydrogens (tertiary/aromatic N) is 1. The van der Waals surface area contributed by atoms with Crippen molar-refractivity contribution in [2.24, 2.45) is 0 Å². The van der Waals surface area contributed by atoms with Gasteiger partial charge in [0.15, 0.2) is 0 Å². The molecule has 13 heavy (non-hydrogen) atoms. The summed E-state index contributed by atoms with van der Waals surface area (Å²) in [6.45, 7) is 5.13. The molecule has 0 aromatic carbocycles. The summed E-state index contributed by atoms with van der Waals surface area (Å²) in [7, 11) is 0. The molecule has 0 bridgehead atoms. The van der Waals surface area contributed by atoms with Crippen molar-refractivity contribution in [1.82, 2.24) is 4.98 Å². The van der Waals surface area contributed by atoms with Gasteiger partial charge in [-0.15, -0.1) is 0 Å². The Bertz CT molecular complexity index is 372. The second kappa shape index (κ2) is 3.05. The first kappa shape index (κ1) is 9.51. The maximum Gasteiger partial charge on any atom is 0.337 e. The van der Waals surface area contributed by atoms with Crippen LogP contribution in [-0.2, 0) is 0 Å². The number of hydrogen-bond acceptors (Lipinski definition) is 3. The maximum atomic E-state index is 10.8. The van der Waals surface area contributed by atoms with Gasteiger partial charge in [0.1, 0.15) is 0 Å². The molecule has 0 saturated carbocycles. The minimum atomic E-state index is -0.978. The van der Waals surface area contributed by atoms with Crippen LogP contribution in [0.2, 0.25) is 0 Å². The van der Waals surface area contributed by atoms with E-state index in [0.29, 0.717) is 22.6 Å². The third-order valence-electron chi connectivity index (χ3n) is 2.08. The van der Waals surface area contributed by atoms with Crippen LogP contribution in [-0.4, -0.2) is 16.1 Å². The number of aryl methyl sites for hydroxylation is 2. The number of nitrogens with two attached hydrogens (primary N) is 1. The van der Waals surface area contributed by atoms with Crippen molar-refractivity contribution in [1.29, 1.82) is 0 Å². The van der Waals surface area contributed by atoms with Crippen molar-refractivity contribution < 1.29 is 9.90 Å². The number of aromatic nitrogens is 1. The predicted octanol–water partition coefficient (Wildman–Crippen LogP) is 1.29. The van der Waals surface area contributed by atoms with Crippen molar-refractivity contribution in [3.63, 3.8) is 0 Å². The number of pyridine rings is 1. The Morgan fingerprint density at radius 1 is 1.31 bits per heavy atom. The molecule has 0 aliphatic heterocycles. The van der Waals surface area contributed by atoms with Crippen LogP contribution in [0, 0.1) is 20.8 Å². The summed E-state index contributed by atoms with van der Waals surface area (Å²) >= 11 is 0. The molecule has 4 heteroatoms. The van der Waals surface area contributed by atoms with E-state index in [4.69, 9.17) is 10.8 Å². The summed E-state index contributed by atoms with van der Waals surface area (Å²) in [5, 5.41) is 8.87. The predicted molar refractivity (Wildman–Crippen MR) is 49.8 cm³/mol. The number of carboxylic acid groups (broad SMARTS) is 1. The van der Waals surface area contributed by atoms with Gasteiger partial charge in [0.25, 0.3) is 0 Å². The normalized spacial score (nSPS) is 10.1. The van der Waals surface area contributed by atoms with Crippen LogP contribution in [0.15, 0.2) is 0 Å². The van der Waals surface area contributed by atoms with Crippen molar-refractivity contribution in [2.75, 3.05) is 5.73 Å². The molecule has 0 fully saturated rings. The largest absolute Gasteiger partial charge is 0.478 e. The fourth-order valence-electron chi connectivity index (χ4n) is 1.36. The molecule has 0 atom stereocenters. The number of carbonyl (C=O) groups is 1. The smallest absolute Gasteiger partial charge is 0.337 e. The molecule has 4 nitrogen and oxygen atoms in total. The van der Waals surface area contributed by atoms with Gasteiger partial charge in [-0.05, 0) is 26.3 Å². The molecule has 1 rings (SSSR count). The third-order valence-corrected chi connectivity index (χ3v) is 2.08. The Balaban J connectivity index is 3.53. The first-order valence-electron chi connectivity index (χ1n) is 3.91. The van der Waals surface area contributed by atoms with Crippen molar-refractivity contribution >= 4 is 11.7 Å². The summed E-state index contributed by atoms with van der Waals surface area (Å²) in [5.41, 5.74) is 8.12. The van der Waals surface area contributed by atoms with Gasteiger partial charge >= 0.3 is 5.97 Å². The third kappa shape index (κ3) is 1.47. The lowest BCUT2D eigenvalue weighted by atomic mass is 10.1. The van der Waals surface area contributed by atoms with E-state index in [9.17, 15) is 4.79 Å². The fourth-order valence-corrected chi connectivity index (χ4v) is 1.36. The zero-order chi connectivity index (χ0) is 10.2. The van der Waals surface area contributed by atoms with E-state index in [1.54, 1.807) is 20.8 Å². The molecular weight excluding hydrogens is 168 g/mol. The Hall–Kier alpha value is -1.58. The number of nitrogen functional groups attached to an aromatic ring is 1. The molecule has 0 unspecified atom stereocenters. The van der Waals surface area contributed by atoms with Crippen LogP contribution < -0.4 is 5.73 Å². The van der Waals surface area contributed by atoms with Crippen LogP contribution in [0.4, 0.5) is 5.69 Å². The zero-order valence-electron chi connectivity index (χ0n) is 7.88. The highest BCUT2D eigenvalue weighted by Crippen LogP contribution is 2.20. The molecular formula is C9H12N2O2. The second-order valence-corrected chi connectivity index (χ2v) is 3.00. The first-order chi connectivity index (χ1) is 5.95. The summed E-state index contributed by atoms with van der Waals surface area (Å²) in [4.78, 5) is 14.9. The molecule has 0 saturated heterocycles. The number of aromatic carboxylic acids is 1. The standard InChI is InChI=1S/C9H12N2O2/c1-4-7(9(12)13)5(2)11-6(3)8(4)10/h10H2,1-3H3,(H,12,13). The number of hydrogen-bond donors (Lipinski definition) is 2. The highest BCUT2D eigenvalue weighted by atomic mass is 16.4. The fraction of sp³-hybridized carbons (Fsp3) is 0.333. The van der Waals surface area contributed by atoms with Crippen LogP contribution in [0.3, 0.4) is 0 Å². The average molecular weight is 180 g/mol. The second-order valence-electron chi connectivity index (χ2n) is 3.00. The van der Waals surface area contributed by atoms with Gasteiger partial charge in [0.2, 0.25) is 0 Å².